The van der Waals surface area contributed by atoms with Crippen molar-refractivity contribution in [3.8, 4) is 0 Å². The molecule has 0 saturated heterocycles. The summed E-state index contributed by atoms with van der Waals surface area (Å²) in [7, 11) is 1.82. The molecule has 1 saturated carbocycles. The van der Waals surface area contributed by atoms with Crippen molar-refractivity contribution in [2.75, 3.05) is 17.2 Å². The number of rotatable bonds is 5. The van der Waals surface area contributed by atoms with Crippen LogP contribution in [0.4, 0.5) is 17.6 Å². The normalized spacial score (nSPS) is 14.5. The molecule has 0 aliphatic heterocycles. The number of H-pyrrole nitrogens is 1. The zero-order valence-electron chi connectivity index (χ0n) is 11.7. The van der Waals surface area contributed by atoms with E-state index in [9.17, 15) is 0 Å². The average Bonchev–Trinajstić information content (AvgIpc) is 3.02. The summed E-state index contributed by atoms with van der Waals surface area (Å²) in [5, 5.41) is 15.4. The highest BCUT2D eigenvalue weighted by atomic mass is 15.4. The Morgan fingerprint density at radius 2 is 2.29 bits per heavy atom. The Labute approximate surface area is 121 Å². The van der Waals surface area contributed by atoms with Crippen molar-refractivity contribution >= 4 is 28.6 Å². The lowest BCUT2D eigenvalue weighted by atomic mass is 10.3. The number of hydrogen-bond acceptors (Lipinski definition) is 6. The first-order chi connectivity index (χ1) is 10.3. The minimum atomic E-state index is 0.503. The lowest BCUT2D eigenvalue weighted by Crippen LogP contribution is -2.07. The van der Waals surface area contributed by atoms with E-state index in [1.165, 1.54) is 12.8 Å². The van der Waals surface area contributed by atoms with Crippen LogP contribution in [0.5, 0.6) is 0 Å². The minimum Gasteiger partial charge on any atom is -0.369 e. The largest absolute Gasteiger partial charge is 0.369 e. The Morgan fingerprint density at radius 3 is 3.05 bits per heavy atom. The molecule has 3 heterocycles. The molecular weight excluding hydrogens is 268 g/mol. The van der Waals surface area contributed by atoms with Crippen molar-refractivity contribution in [3.63, 3.8) is 0 Å². The van der Waals surface area contributed by atoms with Gasteiger partial charge in [0.1, 0.15) is 11.5 Å². The van der Waals surface area contributed by atoms with E-state index >= 15 is 0 Å². The van der Waals surface area contributed by atoms with Gasteiger partial charge in [-0.1, -0.05) is 5.21 Å². The number of hydrogen-bond donors (Lipinski definition) is 3. The number of fused-ring (bicyclic) bond motifs is 1. The van der Waals surface area contributed by atoms with E-state index in [-0.39, 0.29) is 0 Å². The Kier molecular flexibility index (Phi) is 2.73. The van der Waals surface area contributed by atoms with Crippen LogP contribution in [-0.4, -0.2) is 36.5 Å². The van der Waals surface area contributed by atoms with Crippen molar-refractivity contribution in [3.05, 3.63) is 18.5 Å². The molecule has 8 heteroatoms. The van der Waals surface area contributed by atoms with E-state index < -0.39 is 0 Å². The predicted molar refractivity (Wildman–Crippen MR) is 79.4 cm³/mol. The van der Waals surface area contributed by atoms with Crippen LogP contribution in [0.25, 0.3) is 11.0 Å². The van der Waals surface area contributed by atoms with Crippen molar-refractivity contribution in [1.29, 1.82) is 0 Å². The monoisotopic (exact) mass is 284 g/mol. The molecule has 0 spiro atoms. The molecule has 1 aliphatic carbocycles. The van der Waals surface area contributed by atoms with Crippen LogP contribution in [0, 0.1) is 5.92 Å². The Hall–Kier alpha value is -2.64. The first-order valence-corrected chi connectivity index (χ1v) is 7.00. The maximum Gasteiger partial charge on any atom is 0.232 e. The van der Waals surface area contributed by atoms with E-state index in [0.29, 0.717) is 11.8 Å². The standard InChI is InChI=1S/C13H16N8/c1-21-7-10(19-20-21)16-13-17-11-9(4-5-14-11)12(18-13)15-6-8-2-3-8/h4-5,7-8H,2-3,6H2,1H3,(H3,14,15,16,17,18). The molecule has 21 heavy (non-hydrogen) atoms. The number of aryl methyl sites for hydroxylation is 1. The number of nitrogens with zero attached hydrogens (tertiary/aromatic N) is 5. The fourth-order valence-corrected chi connectivity index (χ4v) is 2.21. The predicted octanol–water partition coefficient (Wildman–Crippen LogP) is 1.65. The molecule has 0 unspecified atom stereocenters. The van der Waals surface area contributed by atoms with E-state index in [1.807, 2.05) is 19.3 Å². The Bertz CT molecular complexity index is 769. The van der Waals surface area contributed by atoms with Gasteiger partial charge in [-0.3, -0.25) is 4.68 Å². The second-order valence-electron chi connectivity index (χ2n) is 5.36. The fraction of sp³-hybridized carbons (Fsp3) is 0.385. The molecule has 0 bridgehead atoms. The van der Waals surface area contributed by atoms with E-state index in [2.05, 4.69) is 35.9 Å². The average molecular weight is 284 g/mol. The smallest absolute Gasteiger partial charge is 0.232 e. The molecule has 8 nitrogen and oxygen atoms in total. The van der Waals surface area contributed by atoms with Crippen LogP contribution >= 0.6 is 0 Å². The highest BCUT2D eigenvalue weighted by Gasteiger charge is 2.21. The van der Waals surface area contributed by atoms with Crippen molar-refractivity contribution in [2.45, 2.75) is 12.8 Å². The topological polar surface area (TPSA) is 96.3 Å². The third kappa shape index (κ3) is 2.51. The first kappa shape index (κ1) is 12.1. The van der Waals surface area contributed by atoms with E-state index in [4.69, 9.17) is 0 Å². The summed E-state index contributed by atoms with van der Waals surface area (Å²) in [5.74, 6) is 2.75. The zero-order chi connectivity index (χ0) is 14.2. The van der Waals surface area contributed by atoms with Gasteiger partial charge in [0.05, 0.1) is 11.6 Å². The Balaban J connectivity index is 1.64. The maximum absolute atomic E-state index is 4.55. The quantitative estimate of drug-likeness (QED) is 0.659. The Morgan fingerprint density at radius 1 is 1.38 bits per heavy atom. The maximum atomic E-state index is 4.55. The van der Waals surface area contributed by atoms with Crippen LogP contribution in [0.3, 0.4) is 0 Å². The summed E-state index contributed by atoms with van der Waals surface area (Å²) in [6, 6.07) is 1.98. The van der Waals surface area contributed by atoms with Gasteiger partial charge in [0.25, 0.3) is 0 Å². The minimum absolute atomic E-state index is 0.503. The summed E-state index contributed by atoms with van der Waals surface area (Å²) < 4.78 is 1.63. The van der Waals surface area contributed by atoms with Gasteiger partial charge in [0.15, 0.2) is 5.82 Å². The molecule has 3 N–H and O–H groups in total. The highest BCUT2D eigenvalue weighted by Crippen LogP contribution is 2.30. The molecule has 0 radical (unpaired) electrons. The van der Waals surface area contributed by atoms with Gasteiger partial charge in [0.2, 0.25) is 5.95 Å². The van der Waals surface area contributed by atoms with Gasteiger partial charge in [0, 0.05) is 19.8 Å². The molecule has 3 aromatic rings. The van der Waals surface area contributed by atoms with Gasteiger partial charge in [-0.05, 0) is 24.8 Å². The van der Waals surface area contributed by atoms with Crippen molar-refractivity contribution < 1.29 is 0 Å². The molecule has 0 atom stereocenters. The lowest BCUT2D eigenvalue weighted by Gasteiger charge is -2.08. The van der Waals surface area contributed by atoms with Crippen LogP contribution in [0.15, 0.2) is 18.5 Å². The molecule has 1 fully saturated rings. The highest BCUT2D eigenvalue weighted by molar-refractivity contribution is 5.88. The third-order valence-electron chi connectivity index (χ3n) is 3.51. The number of nitrogens with one attached hydrogen (secondary N) is 3. The second kappa shape index (κ2) is 4.72. The molecule has 4 rings (SSSR count). The molecule has 3 aromatic heterocycles. The SMILES string of the molecule is Cn1cc(Nc2nc(NCC3CC3)c3cc[nH]c3n2)nn1. The van der Waals surface area contributed by atoms with Crippen LogP contribution in [0.2, 0.25) is 0 Å². The molecule has 0 aromatic carbocycles. The van der Waals surface area contributed by atoms with Gasteiger partial charge in [-0.15, -0.1) is 5.10 Å². The summed E-state index contributed by atoms with van der Waals surface area (Å²) in [6.45, 7) is 0.960. The lowest BCUT2D eigenvalue weighted by molar-refractivity contribution is 0.715. The second-order valence-corrected chi connectivity index (χ2v) is 5.36. The van der Waals surface area contributed by atoms with Crippen molar-refractivity contribution in [1.82, 2.24) is 29.9 Å². The van der Waals surface area contributed by atoms with Crippen molar-refractivity contribution in [2.24, 2.45) is 13.0 Å². The van der Waals surface area contributed by atoms with Crippen LogP contribution in [0.1, 0.15) is 12.8 Å². The van der Waals surface area contributed by atoms with Crippen LogP contribution < -0.4 is 10.6 Å². The number of anilines is 3. The summed E-state index contributed by atoms with van der Waals surface area (Å²) in [5.41, 5.74) is 0.801. The molecule has 0 amide bonds. The summed E-state index contributed by atoms with van der Waals surface area (Å²) in [6.07, 6.45) is 6.26. The molecule has 108 valence electrons. The molecular formula is C13H16N8. The number of aromatic nitrogens is 6. The van der Waals surface area contributed by atoms with Gasteiger partial charge in [-0.25, -0.2) is 0 Å². The fourth-order valence-electron chi connectivity index (χ4n) is 2.21. The van der Waals surface area contributed by atoms with Crippen LogP contribution in [-0.2, 0) is 7.05 Å². The molecule has 1 aliphatic rings. The first-order valence-electron chi connectivity index (χ1n) is 7.00. The summed E-state index contributed by atoms with van der Waals surface area (Å²) in [4.78, 5) is 12.1. The van der Waals surface area contributed by atoms with Gasteiger partial charge >= 0.3 is 0 Å². The van der Waals surface area contributed by atoms with Gasteiger partial charge < -0.3 is 15.6 Å². The third-order valence-corrected chi connectivity index (χ3v) is 3.51. The number of aromatic amines is 1. The van der Waals surface area contributed by atoms with E-state index in [1.54, 1.807) is 10.9 Å². The summed E-state index contributed by atoms with van der Waals surface area (Å²) >= 11 is 0. The van der Waals surface area contributed by atoms with Gasteiger partial charge in [-0.2, -0.15) is 9.97 Å². The van der Waals surface area contributed by atoms with E-state index in [0.717, 1.165) is 29.3 Å². The zero-order valence-corrected chi connectivity index (χ0v) is 11.7.